The Hall–Kier alpha value is -3.83. The molecule has 0 saturated heterocycles. The maximum atomic E-state index is 12.9. The quantitative estimate of drug-likeness (QED) is 0.612. The Morgan fingerprint density at radius 1 is 1.31 bits per heavy atom. The molecule has 2 aromatic rings. The minimum absolute atomic E-state index is 0.0211. The first-order chi connectivity index (χ1) is 15.2. The Balaban J connectivity index is 1.56. The van der Waals surface area contributed by atoms with Gasteiger partial charge in [-0.05, 0) is 17.7 Å². The van der Waals surface area contributed by atoms with Gasteiger partial charge in [0.05, 0.1) is 30.7 Å². The molecule has 1 aliphatic carbocycles. The highest BCUT2D eigenvalue weighted by molar-refractivity contribution is 6.03. The van der Waals surface area contributed by atoms with Crippen molar-refractivity contribution in [2.24, 2.45) is 11.7 Å². The van der Waals surface area contributed by atoms with E-state index in [0.717, 1.165) is 17.0 Å². The lowest BCUT2D eigenvalue weighted by molar-refractivity contribution is -0.137. The second-order valence-electron chi connectivity index (χ2n) is 7.56. The number of carbonyl (C=O) groups is 3. The fraction of sp³-hybridized carbons (Fsp3) is 0.300. The molecule has 1 aromatic heterocycles. The molecule has 1 aromatic carbocycles. The number of amides is 2. The number of aromatic nitrogens is 2. The maximum absolute atomic E-state index is 12.9. The van der Waals surface area contributed by atoms with Gasteiger partial charge in [-0.25, -0.2) is 0 Å². The first-order valence-electron chi connectivity index (χ1n) is 9.66. The van der Waals surface area contributed by atoms with Gasteiger partial charge in [-0.2, -0.15) is 18.3 Å². The Bertz CT molecular complexity index is 1110. The lowest BCUT2D eigenvalue weighted by Gasteiger charge is -2.33. The number of hydrogen-bond donors (Lipinski definition) is 2. The predicted octanol–water partition coefficient (Wildman–Crippen LogP) is 1.02. The number of nitrogens with two attached hydrogens (primary N) is 1. The van der Waals surface area contributed by atoms with Gasteiger partial charge in [-0.1, -0.05) is 12.1 Å². The van der Waals surface area contributed by atoms with E-state index in [-0.39, 0.29) is 42.1 Å². The highest BCUT2D eigenvalue weighted by atomic mass is 19.4. The van der Waals surface area contributed by atoms with Crippen LogP contribution in [0.4, 0.5) is 18.9 Å². The standard InChI is InChI=1S/C20H19F3N6O3/c21-20(22,23)14-3-1-2-12(4-14)7-28-9-15(6-26-28)29(11-30)17-18(24)27(10-25-19(17)32)8-13-5-16(13)31/h1-4,6,9,11,13H,5,7-8,10,24H2,(H,25,32). The van der Waals surface area contributed by atoms with E-state index in [9.17, 15) is 27.6 Å². The van der Waals surface area contributed by atoms with Crippen molar-refractivity contribution in [1.82, 2.24) is 20.0 Å². The number of carbonyl (C=O) groups excluding carboxylic acids is 3. The van der Waals surface area contributed by atoms with Crippen LogP contribution in [0.2, 0.25) is 0 Å². The summed E-state index contributed by atoms with van der Waals surface area (Å²) < 4.78 is 40.1. The Kier molecular flexibility index (Phi) is 5.36. The van der Waals surface area contributed by atoms with E-state index in [2.05, 4.69) is 10.4 Å². The van der Waals surface area contributed by atoms with Gasteiger partial charge < -0.3 is 16.0 Å². The number of rotatable bonds is 7. The normalized spacial score (nSPS) is 18.6. The third-order valence-corrected chi connectivity index (χ3v) is 5.26. The second-order valence-corrected chi connectivity index (χ2v) is 7.56. The molecule has 0 radical (unpaired) electrons. The largest absolute Gasteiger partial charge is 0.416 e. The molecule has 2 heterocycles. The molecule has 1 unspecified atom stereocenters. The molecule has 4 rings (SSSR count). The molecule has 12 heteroatoms. The topological polar surface area (TPSA) is 114 Å². The predicted molar refractivity (Wildman–Crippen MR) is 105 cm³/mol. The van der Waals surface area contributed by atoms with Gasteiger partial charge in [0.1, 0.15) is 11.6 Å². The van der Waals surface area contributed by atoms with Crippen LogP contribution in [0.5, 0.6) is 0 Å². The van der Waals surface area contributed by atoms with Gasteiger partial charge in [0, 0.05) is 25.1 Å². The van der Waals surface area contributed by atoms with E-state index in [0.29, 0.717) is 24.9 Å². The summed E-state index contributed by atoms with van der Waals surface area (Å²) in [5, 5.41) is 6.70. The number of Topliss-reactive ketones (excluding diaryl/α,β-unsaturated/α-hetero) is 1. The zero-order valence-electron chi connectivity index (χ0n) is 16.7. The number of ketones is 1. The molecule has 1 atom stereocenters. The maximum Gasteiger partial charge on any atom is 0.416 e. The van der Waals surface area contributed by atoms with Crippen LogP contribution in [-0.4, -0.2) is 46.0 Å². The monoisotopic (exact) mass is 448 g/mol. The summed E-state index contributed by atoms with van der Waals surface area (Å²) in [6, 6.07) is 4.83. The number of alkyl halides is 3. The number of nitrogens with one attached hydrogen (secondary N) is 1. The van der Waals surface area contributed by atoms with Gasteiger partial charge in [-0.3, -0.25) is 24.0 Å². The molecule has 2 aliphatic rings. The van der Waals surface area contributed by atoms with Gasteiger partial charge in [0.15, 0.2) is 5.70 Å². The van der Waals surface area contributed by atoms with Gasteiger partial charge in [0.25, 0.3) is 5.91 Å². The third kappa shape index (κ3) is 4.29. The Morgan fingerprint density at radius 2 is 2.06 bits per heavy atom. The summed E-state index contributed by atoms with van der Waals surface area (Å²) in [6.45, 7) is 0.461. The lowest BCUT2D eigenvalue weighted by Crippen LogP contribution is -2.51. The molecule has 1 fully saturated rings. The van der Waals surface area contributed by atoms with E-state index in [1.807, 2.05) is 0 Å². The van der Waals surface area contributed by atoms with Crippen LogP contribution < -0.4 is 16.0 Å². The van der Waals surface area contributed by atoms with Crippen molar-refractivity contribution in [2.45, 2.75) is 19.1 Å². The summed E-state index contributed by atoms with van der Waals surface area (Å²) in [7, 11) is 0. The molecule has 1 aliphatic heterocycles. The average Bonchev–Trinajstić information content (AvgIpc) is 3.24. The first kappa shape index (κ1) is 21.4. The number of halogens is 3. The van der Waals surface area contributed by atoms with Crippen molar-refractivity contribution in [1.29, 1.82) is 0 Å². The van der Waals surface area contributed by atoms with Crippen LogP contribution in [0.1, 0.15) is 17.5 Å². The van der Waals surface area contributed by atoms with E-state index in [1.54, 1.807) is 4.90 Å². The van der Waals surface area contributed by atoms with Crippen LogP contribution in [0.3, 0.4) is 0 Å². The van der Waals surface area contributed by atoms with Crippen LogP contribution in [0, 0.1) is 5.92 Å². The Morgan fingerprint density at radius 3 is 2.72 bits per heavy atom. The molecule has 168 valence electrons. The van der Waals surface area contributed by atoms with Gasteiger partial charge in [-0.15, -0.1) is 0 Å². The molecule has 32 heavy (non-hydrogen) atoms. The summed E-state index contributed by atoms with van der Waals surface area (Å²) in [4.78, 5) is 38.2. The van der Waals surface area contributed by atoms with Gasteiger partial charge in [0.2, 0.25) is 6.41 Å². The minimum Gasteiger partial charge on any atom is -0.383 e. The van der Waals surface area contributed by atoms with Crippen molar-refractivity contribution < 1.29 is 27.6 Å². The number of benzene rings is 1. The molecule has 3 N–H and O–H groups in total. The zero-order valence-corrected chi connectivity index (χ0v) is 16.7. The highest BCUT2D eigenvalue weighted by Crippen LogP contribution is 2.30. The minimum atomic E-state index is -4.46. The van der Waals surface area contributed by atoms with Crippen LogP contribution in [0.15, 0.2) is 48.2 Å². The van der Waals surface area contributed by atoms with Crippen molar-refractivity contribution in [2.75, 3.05) is 18.1 Å². The smallest absolute Gasteiger partial charge is 0.383 e. The molecule has 0 spiro atoms. The van der Waals surface area contributed by atoms with Crippen molar-refractivity contribution in [3.05, 3.63) is 59.3 Å². The fourth-order valence-electron chi connectivity index (χ4n) is 3.45. The second kappa shape index (κ2) is 8.02. The Labute approximate surface area is 180 Å². The molecule has 2 amide bonds. The van der Waals surface area contributed by atoms with Crippen molar-refractivity contribution in [3.63, 3.8) is 0 Å². The molecular formula is C20H19F3N6O3. The first-order valence-corrected chi connectivity index (χ1v) is 9.66. The van der Waals surface area contributed by atoms with E-state index < -0.39 is 17.6 Å². The summed E-state index contributed by atoms with van der Waals surface area (Å²) >= 11 is 0. The number of anilines is 1. The average molecular weight is 448 g/mol. The molecule has 9 nitrogen and oxygen atoms in total. The van der Waals surface area contributed by atoms with E-state index in [1.165, 1.54) is 29.2 Å². The fourth-order valence-corrected chi connectivity index (χ4v) is 3.45. The highest BCUT2D eigenvalue weighted by Gasteiger charge is 2.39. The third-order valence-electron chi connectivity index (χ3n) is 5.26. The molecule has 1 saturated carbocycles. The van der Waals surface area contributed by atoms with Crippen LogP contribution >= 0.6 is 0 Å². The zero-order chi connectivity index (χ0) is 23.0. The number of hydrogen-bond acceptors (Lipinski definition) is 6. The molecule has 0 bridgehead atoms. The lowest BCUT2D eigenvalue weighted by atomic mass is 10.1. The van der Waals surface area contributed by atoms with Crippen molar-refractivity contribution in [3.8, 4) is 0 Å². The van der Waals surface area contributed by atoms with Crippen LogP contribution in [-0.2, 0) is 27.1 Å². The number of nitrogens with zero attached hydrogens (tertiary/aromatic N) is 4. The SMILES string of the molecule is NC1=C(N(C=O)c2cnn(Cc3cccc(C(F)(F)F)c3)c2)C(=O)NCN1CC1CC1=O. The van der Waals surface area contributed by atoms with E-state index in [4.69, 9.17) is 5.73 Å². The van der Waals surface area contributed by atoms with Crippen LogP contribution in [0.25, 0.3) is 0 Å². The summed E-state index contributed by atoms with van der Waals surface area (Å²) in [5.74, 6) is -0.561. The van der Waals surface area contributed by atoms with Crippen molar-refractivity contribution >= 4 is 23.8 Å². The molecular weight excluding hydrogens is 429 g/mol. The van der Waals surface area contributed by atoms with E-state index >= 15 is 0 Å². The summed E-state index contributed by atoms with van der Waals surface area (Å²) in [5.41, 5.74) is 5.82. The van der Waals surface area contributed by atoms with Gasteiger partial charge >= 0.3 is 6.18 Å². The summed E-state index contributed by atoms with van der Waals surface area (Å²) in [6.07, 6.45) is -0.884.